The van der Waals surface area contributed by atoms with Gasteiger partial charge in [0.05, 0.1) is 6.21 Å². The van der Waals surface area contributed by atoms with Gasteiger partial charge < -0.3 is 10.4 Å². The highest BCUT2D eigenvalue weighted by atomic mass is 15.1. The summed E-state index contributed by atoms with van der Waals surface area (Å²) in [6, 6.07) is 2.59. The third kappa shape index (κ3) is 1.74. The second kappa shape index (κ2) is 3.64. The van der Waals surface area contributed by atoms with Crippen molar-refractivity contribution in [3.05, 3.63) is 23.0 Å². The first-order chi connectivity index (χ1) is 6.07. The molecule has 3 nitrogen and oxygen atoms in total. The molecule has 0 unspecified atom stereocenters. The van der Waals surface area contributed by atoms with E-state index in [1.807, 2.05) is 0 Å². The van der Waals surface area contributed by atoms with Crippen LogP contribution in [0.15, 0.2) is 11.2 Å². The van der Waals surface area contributed by atoms with Gasteiger partial charge in [-0.25, -0.2) is 0 Å². The molecule has 0 amide bonds. The smallest absolute Gasteiger partial charge is 0.0556 e. The summed E-state index contributed by atoms with van der Waals surface area (Å²) >= 11 is 0. The van der Waals surface area contributed by atoms with Crippen LogP contribution in [0.5, 0.6) is 0 Å². The zero-order valence-corrected chi connectivity index (χ0v) is 8.70. The molecule has 0 saturated heterocycles. The average Bonchev–Trinajstić information content (AvgIpc) is 2.28. The van der Waals surface area contributed by atoms with E-state index in [4.69, 9.17) is 5.84 Å². The molecule has 0 fully saturated rings. The predicted molar refractivity (Wildman–Crippen MR) is 56.1 cm³/mol. The van der Waals surface area contributed by atoms with Gasteiger partial charge >= 0.3 is 0 Å². The van der Waals surface area contributed by atoms with Crippen LogP contribution in [0.3, 0.4) is 0 Å². The van der Waals surface area contributed by atoms with Crippen LogP contribution < -0.4 is 5.84 Å². The molecule has 3 heteroatoms. The van der Waals surface area contributed by atoms with Crippen LogP contribution in [-0.4, -0.2) is 10.8 Å². The summed E-state index contributed by atoms with van der Waals surface area (Å²) in [5.41, 5.74) is 3.58. The maximum atomic E-state index is 5.13. The van der Waals surface area contributed by atoms with Crippen molar-refractivity contribution in [2.45, 2.75) is 33.7 Å². The molecule has 1 rings (SSSR count). The minimum absolute atomic E-state index is 0.486. The lowest BCUT2D eigenvalue weighted by molar-refractivity contribution is 0.574. The fourth-order valence-corrected chi connectivity index (χ4v) is 1.81. The van der Waals surface area contributed by atoms with Gasteiger partial charge in [-0.2, -0.15) is 5.10 Å². The van der Waals surface area contributed by atoms with Crippen molar-refractivity contribution < 1.29 is 0 Å². The fourth-order valence-electron chi connectivity index (χ4n) is 1.81. The molecule has 72 valence electrons. The Morgan fingerprint density at radius 2 is 2.08 bits per heavy atom. The standard InChI is InChI=1S/C10H17N3/c1-7(2)13-8(3)5-10(6-12-11)9(13)4/h5-7H,11H2,1-4H3/b12-6+. The van der Waals surface area contributed by atoms with Crippen molar-refractivity contribution in [1.82, 2.24) is 4.57 Å². The van der Waals surface area contributed by atoms with Crippen molar-refractivity contribution in [1.29, 1.82) is 0 Å². The first-order valence-corrected chi connectivity index (χ1v) is 4.49. The molecular formula is C10H17N3. The van der Waals surface area contributed by atoms with Crippen molar-refractivity contribution in [3.63, 3.8) is 0 Å². The van der Waals surface area contributed by atoms with Crippen LogP contribution in [0.2, 0.25) is 0 Å². The molecule has 2 N–H and O–H groups in total. The number of hydrazone groups is 1. The van der Waals surface area contributed by atoms with Crippen molar-refractivity contribution >= 4 is 6.21 Å². The lowest BCUT2D eigenvalue weighted by Gasteiger charge is -2.13. The Hall–Kier alpha value is -1.25. The Bertz CT molecular complexity index is 321. The summed E-state index contributed by atoms with van der Waals surface area (Å²) in [6.45, 7) is 8.53. The molecule has 0 aliphatic rings. The van der Waals surface area contributed by atoms with Gasteiger partial charge in [0.1, 0.15) is 0 Å². The van der Waals surface area contributed by atoms with Crippen LogP contribution in [0.25, 0.3) is 0 Å². The van der Waals surface area contributed by atoms with E-state index in [0.29, 0.717) is 6.04 Å². The minimum atomic E-state index is 0.486. The highest BCUT2D eigenvalue weighted by Crippen LogP contribution is 2.18. The van der Waals surface area contributed by atoms with Crippen LogP contribution >= 0.6 is 0 Å². The van der Waals surface area contributed by atoms with Gasteiger partial charge in [0.2, 0.25) is 0 Å². The normalized spacial score (nSPS) is 11.8. The summed E-state index contributed by atoms with van der Waals surface area (Å²) in [4.78, 5) is 0. The largest absolute Gasteiger partial charge is 0.346 e. The molecule has 0 saturated carbocycles. The molecule has 0 spiro atoms. The monoisotopic (exact) mass is 179 g/mol. The van der Waals surface area contributed by atoms with Crippen LogP contribution in [0.4, 0.5) is 0 Å². The van der Waals surface area contributed by atoms with E-state index >= 15 is 0 Å². The zero-order chi connectivity index (χ0) is 10.0. The van der Waals surface area contributed by atoms with E-state index in [0.717, 1.165) is 5.56 Å². The minimum Gasteiger partial charge on any atom is -0.346 e. The van der Waals surface area contributed by atoms with E-state index in [1.165, 1.54) is 11.4 Å². The Labute approximate surface area is 79.2 Å². The second-order valence-corrected chi connectivity index (χ2v) is 3.57. The molecule has 1 aromatic heterocycles. The lowest BCUT2D eigenvalue weighted by atomic mass is 10.2. The highest BCUT2D eigenvalue weighted by Gasteiger charge is 2.09. The molecule has 1 aromatic rings. The Morgan fingerprint density at radius 3 is 2.46 bits per heavy atom. The predicted octanol–water partition coefficient (Wildman–Crippen LogP) is 1.98. The van der Waals surface area contributed by atoms with Gasteiger partial charge in [-0.05, 0) is 33.8 Å². The summed E-state index contributed by atoms with van der Waals surface area (Å²) in [6.07, 6.45) is 1.70. The van der Waals surface area contributed by atoms with E-state index < -0.39 is 0 Å². The second-order valence-electron chi connectivity index (χ2n) is 3.57. The van der Waals surface area contributed by atoms with E-state index in [1.54, 1.807) is 6.21 Å². The molecule has 0 aliphatic heterocycles. The van der Waals surface area contributed by atoms with E-state index in [-0.39, 0.29) is 0 Å². The SMILES string of the molecule is Cc1cc(/C=N/N)c(C)n1C(C)C. The molecule has 0 radical (unpaired) electrons. The number of nitrogens with two attached hydrogens (primary N) is 1. The average molecular weight is 179 g/mol. The lowest BCUT2D eigenvalue weighted by Crippen LogP contribution is -2.05. The molecule has 0 aliphatic carbocycles. The molecular weight excluding hydrogens is 162 g/mol. The van der Waals surface area contributed by atoms with Gasteiger partial charge in [-0.15, -0.1) is 0 Å². The van der Waals surface area contributed by atoms with E-state index in [9.17, 15) is 0 Å². The molecule has 13 heavy (non-hydrogen) atoms. The van der Waals surface area contributed by atoms with Crippen LogP contribution in [-0.2, 0) is 0 Å². The number of hydrogen-bond donors (Lipinski definition) is 1. The van der Waals surface area contributed by atoms with Crippen LogP contribution in [0, 0.1) is 13.8 Å². The zero-order valence-electron chi connectivity index (χ0n) is 8.70. The fraction of sp³-hybridized carbons (Fsp3) is 0.500. The summed E-state index contributed by atoms with van der Waals surface area (Å²) in [7, 11) is 0. The number of aromatic nitrogens is 1. The number of nitrogens with zero attached hydrogens (tertiary/aromatic N) is 2. The number of hydrogen-bond acceptors (Lipinski definition) is 2. The Kier molecular flexibility index (Phi) is 2.76. The first kappa shape index (κ1) is 9.84. The van der Waals surface area contributed by atoms with Gasteiger partial charge in [-0.1, -0.05) is 0 Å². The Balaban J connectivity index is 3.22. The topological polar surface area (TPSA) is 43.3 Å². The Morgan fingerprint density at radius 1 is 1.46 bits per heavy atom. The summed E-state index contributed by atoms with van der Waals surface area (Å²) < 4.78 is 2.27. The first-order valence-electron chi connectivity index (χ1n) is 4.49. The third-order valence-electron chi connectivity index (χ3n) is 2.25. The maximum Gasteiger partial charge on any atom is 0.0556 e. The van der Waals surface area contributed by atoms with Gasteiger partial charge in [0, 0.05) is 23.0 Å². The third-order valence-corrected chi connectivity index (χ3v) is 2.25. The molecule has 0 bridgehead atoms. The molecule has 0 atom stereocenters. The maximum absolute atomic E-state index is 5.13. The highest BCUT2D eigenvalue weighted by molar-refractivity contribution is 5.81. The summed E-state index contributed by atoms with van der Waals surface area (Å²) in [5, 5.41) is 3.54. The van der Waals surface area contributed by atoms with Gasteiger partial charge in [0.25, 0.3) is 0 Å². The number of aryl methyl sites for hydroxylation is 1. The van der Waals surface area contributed by atoms with Crippen molar-refractivity contribution in [3.8, 4) is 0 Å². The van der Waals surface area contributed by atoms with Gasteiger partial charge in [-0.3, -0.25) is 0 Å². The van der Waals surface area contributed by atoms with Crippen LogP contribution in [0.1, 0.15) is 36.8 Å². The summed E-state index contributed by atoms with van der Waals surface area (Å²) in [5.74, 6) is 5.13. The van der Waals surface area contributed by atoms with Crippen molar-refractivity contribution in [2.75, 3.05) is 0 Å². The van der Waals surface area contributed by atoms with Gasteiger partial charge in [0.15, 0.2) is 0 Å². The molecule has 0 aromatic carbocycles. The molecule has 1 heterocycles. The van der Waals surface area contributed by atoms with E-state index in [2.05, 4.69) is 43.4 Å². The quantitative estimate of drug-likeness (QED) is 0.421. The number of rotatable bonds is 2. The van der Waals surface area contributed by atoms with Crippen molar-refractivity contribution in [2.24, 2.45) is 10.9 Å².